The number of rotatable bonds is 7. The molecule has 0 fully saturated rings. The van der Waals surface area contributed by atoms with E-state index in [-0.39, 0.29) is 40.2 Å². The van der Waals surface area contributed by atoms with Crippen molar-refractivity contribution >= 4 is 51.7 Å². The summed E-state index contributed by atoms with van der Waals surface area (Å²) in [5.41, 5.74) is 6.43. The molecule has 2 aromatic carbocycles. The van der Waals surface area contributed by atoms with Crippen LogP contribution in [0.5, 0.6) is 0 Å². The fourth-order valence-corrected chi connectivity index (χ4v) is 5.00. The van der Waals surface area contributed by atoms with Gasteiger partial charge in [-0.05, 0) is 82.8 Å². The molecule has 0 aliphatic carbocycles. The summed E-state index contributed by atoms with van der Waals surface area (Å²) < 4.78 is 40.7. The van der Waals surface area contributed by atoms with E-state index < -0.39 is 23.6 Å². The van der Waals surface area contributed by atoms with Gasteiger partial charge in [-0.2, -0.15) is 23.1 Å². The summed E-state index contributed by atoms with van der Waals surface area (Å²) in [4.78, 5) is 31.1. The largest absolute Gasteiger partial charge is 0.416 e. The molecule has 5 aromatic rings. The predicted octanol–water partition coefficient (Wildman–Crippen LogP) is 4.91. The van der Waals surface area contributed by atoms with E-state index >= 15 is 0 Å². The minimum absolute atomic E-state index is 0.0297. The van der Waals surface area contributed by atoms with Crippen LogP contribution in [0.3, 0.4) is 0 Å². The highest BCUT2D eigenvalue weighted by molar-refractivity contribution is 14.1. The van der Waals surface area contributed by atoms with Crippen LogP contribution in [0.2, 0.25) is 5.02 Å². The van der Waals surface area contributed by atoms with Crippen LogP contribution < -0.4 is 11.1 Å². The molecule has 3 aromatic heterocycles. The van der Waals surface area contributed by atoms with Gasteiger partial charge in [0.05, 0.1) is 27.5 Å². The third-order valence-electron chi connectivity index (χ3n) is 5.96. The Balaban J connectivity index is 1.47. The molecular weight excluding hydrogens is 690 g/mol. The zero-order valence-electron chi connectivity index (χ0n) is 21.4. The molecule has 214 valence electrons. The third-order valence-corrected chi connectivity index (χ3v) is 6.88. The Kier molecular flexibility index (Phi) is 7.96. The van der Waals surface area contributed by atoms with Crippen molar-refractivity contribution in [2.75, 3.05) is 5.32 Å². The molecule has 11 nitrogen and oxygen atoms in total. The maximum Gasteiger partial charge on any atom is 0.416 e. The van der Waals surface area contributed by atoms with Gasteiger partial charge < -0.3 is 11.1 Å². The average Bonchev–Trinajstić information content (AvgIpc) is 3.57. The summed E-state index contributed by atoms with van der Waals surface area (Å²) in [5, 5.41) is 19.5. The molecule has 3 N–H and O–H groups in total. The lowest BCUT2D eigenvalue weighted by molar-refractivity contribution is -0.137. The summed E-state index contributed by atoms with van der Waals surface area (Å²) in [5.74, 6) is -1.07. The van der Waals surface area contributed by atoms with Crippen LogP contribution >= 0.6 is 34.2 Å². The number of amides is 2. The van der Waals surface area contributed by atoms with Crippen molar-refractivity contribution < 1.29 is 22.8 Å². The highest BCUT2D eigenvalue weighted by atomic mass is 127. The smallest absolute Gasteiger partial charge is 0.366 e. The van der Waals surface area contributed by atoms with Gasteiger partial charge in [0.15, 0.2) is 5.82 Å². The third kappa shape index (κ3) is 6.11. The molecule has 2 amide bonds. The normalized spacial score (nSPS) is 11.5. The number of carbonyl (C=O) groups is 2. The van der Waals surface area contributed by atoms with Crippen LogP contribution in [0.25, 0.3) is 17.2 Å². The zero-order chi connectivity index (χ0) is 30.2. The standard InChI is InChI=1S/C26H18ClF3IN9O2/c1-13-9-16(31)10-18(22(32)41)21(13)34-25(42)20-11-17(36-40(20)24-19(27)3-2-8-33-24)12-39-37-23(35-38-39)14-4-6-15(7-5-14)26(28,29)30/h2-11H,12H2,1H3,(H2,32,41)(H,34,42). The number of nitrogens with one attached hydrogen (secondary N) is 1. The monoisotopic (exact) mass is 707 g/mol. The predicted molar refractivity (Wildman–Crippen MR) is 154 cm³/mol. The summed E-state index contributed by atoms with van der Waals surface area (Å²) in [6.07, 6.45) is -2.99. The molecule has 0 bridgehead atoms. The maximum atomic E-state index is 13.6. The van der Waals surface area contributed by atoms with Gasteiger partial charge in [-0.3, -0.25) is 9.59 Å². The summed E-state index contributed by atoms with van der Waals surface area (Å²) in [6.45, 7) is 1.67. The van der Waals surface area contributed by atoms with Crippen LogP contribution in [-0.2, 0) is 12.7 Å². The van der Waals surface area contributed by atoms with Crippen LogP contribution in [0, 0.1) is 10.5 Å². The molecule has 5 rings (SSSR count). The van der Waals surface area contributed by atoms with Gasteiger partial charge in [0.2, 0.25) is 5.82 Å². The van der Waals surface area contributed by atoms with Crippen molar-refractivity contribution in [3.8, 4) is 17.2 Å². The molecule has 0 aliphatic heterocycles. The molecule has 0 spiro atoms. The van der Waals surface area contributed by atoms with Crippen molar-refractivity contribution in [1.29, 1.82) is 0 Å². The van der Waals surface area contributed by atoms with E-state index in [9.17, 15) is 22.8 Å². The molecular formula is C26H18ClF3IN9O2. The maximum absolute atomic E-state index is 13.6. The number of alkyl halides is 3. The van der Waals surface area contributed by atoms with Crippen LogP contribution in [0.15, 0.2) is 60.8 Å². The number of hydrogen-bond donors (Lipinski definition) is 2. The number of tetrazole rings is 1. The summed E-state index contributed by atoms with van der Waals surface area (Å²) in [7, 11) is 0. The molecule has 0 saturated carbocycles. The van der Waals surface area contributed by atoms with E-state index in [1.807, 2.05) is 22.6 Å². The van der Waals surface area contributed by atoms with E-state index in [0.717, 1.165) is 15.7 Å². The van der Waals surface area contributed by atoms with Gasteiger partial charge in [0.1, 0.15) is 12.2 Å². The number of hydrogen-bond acceptors (Lipinski definition) is 7. The first-order chi connectivity index (χ1) is 19.9. The topological polar surface area (TPSA) is 146 Å². The molecule has 0 saturated heterocycles. The Morgan fingerprint density at radius 1 is 1.10 bits per heavy atom. The lowest BCUT2D eigenvalue weighted by Crippen LogP contribution is -2.22. The lowest BCUT2D eigenvalue weighted by atomic mass is 10.1. The fourth-order valence-electron chi connectivity index (χ4n) is 4.02. The van der Waals surface area contributed by atoms with E-state index in [4.69, 9.17) is 17.3 Å². The Morgan fingerprint density at radius 2 is 1.83 bits per heavy atom. The number of primary amides is 1. The van der Waals surface area contributed by atoms with Gasteiger partial charge in [0, 0.05) is 15.3 Å². The van der Waals surface area contributed by atoms with Crippen molar-refractivity contribution in [3.63, 3.8) is 0 Å². The first kappa shape index (κ1) is 29.1. The Hall–Kier alpha value is -4.38. The van der Waals surface area contributed by atoms with Gasteiger partial charge in [-0.15, -0.1) is 10.2 Å². The number of halogens is 5. The number of aromatic nitrogens is 7. The van der Waals surface area contributed by atoms with Gasteiger partial charge in [-0.1, -0.05) is 23.7 Å². The molecule has 42 heavy (non-hydrogen) atoms. The number of carbonyl (C=O) groups excluding carboxylic acids is 2. The van der Waals surface area contributed by atoms with Crippen molar-refractivity contribution in [2.24, 2.45) is 5.73 Å². The minimum Gasteiger partial charge on any atom is -0.366 e. The number of benzene rings is 2. The number of nitrogens with two attached hydrogens (primary N) is 1. The second-order valence-electron chi connectivity index (χ2n) is 8.92. The van der Waals surface area contributed by atoms with E-state index in [1.54, 1.807) is 31.2 Å². The lowest BCUT2D eigenvalue weighted by Gasteiger charge is -2.14. The number of pyridine rings is 1. The van der Waals surface area contributed by atoms with E-state index in [2.05, 4.69) is 30.8 Å². The molecule has 0 radical (unpaired) electrons. The second kappa shape index (κ2) is 11.5. The first-order valence-electron chi connectivity index (χ1n) is 12.0. The summed E-state index contributed by atoms with van der Waals surface area (Å²) >= 11 is 8.40. The van der Waals surface area contributed by atoms with Crippen molar-refractivity contribution in [1.82, 2.24) is 35.0 Å². The van der Waals surface area contributed by atoms with Gasteiger partial charge >= 0.3 is 6.18 Å². The van der Waals surface area contributed by atoms with Gasteiger partial charge in [-0.25, -0.2) is 9.67 Å². The fraction of sp³-hybridized carbons (Fsp3) is 0.115. The van der Waals surface area contributed by atoms with Gasteiger partial charge in [0.25, 0.3) is 11.8 Å². The number of anilines is 1. The van der Waals surface area contributed by atoms with E-state index in [0.29, 0.717) is 16.8 Å². The SMILES string of the molecule is Cc1cc(I)cc(C(N)=O)c1NC(=O)c1cc(Cn2nnc(-c3ccc(C(F)(F)F)cc3)n2)nn1-c1ncccc1Cl. The average molecular weight is 708 g/mol. The molecule has 0 aliphatic rings. The van der Waals surface area contributed by atoms with Crippen LogP contribution in [0.4, 0.5) is 18.9 Å². The highest BCUT2D eigenvalue weighted by Crippen LogP contribution is 2.30. The van der Waals surface area contributed by atoms with Crippen molar-refractivity contribution in [3.05, 3.63) is 97.5 Å². The summed E-state index contributed by atoms with van der Waals surface area (Å²) in [6, 6.07) is 12.4. The molecule has 0 unspecified atom stereocenters. The minimum atomic E-state index is -4.47. The zero-order valence-corrected chi connectivity index (χ0v) is 24.3. The Bertz CT molecular complexity index is 1820. The van der Waals surface area contributed by atoms with Crippen LogP contribution in [-0.4, -0.2) is 46.8 Å². The molecule has 0 atom stereocenters. The Labute approximate surface area is 254 Å². The van der Waals surface area contributed by atoms with E-state index in [1.165, 1.54) is 33.9 Å². The second-order valence-corrected chi connectivity index (χ2v) is 10.6. The number of aryl methyl sites for hydroxylation is 1. The quantitative estimate of drug-likeness (QED) is 0.229. The first-order valence-corrected chi connectivity index (χ1v) is 13.4. The molecule has 3 heterocycles. The van der Waals surface area contributed by atoms with Crippen LogP contribution in [0.1, 0.15) is 37.7 Å². The number of nitrogens with zero attached hydrogens (tertiary/aromatic N) is 7. The highest BCUT2D eigenvalue weighted by Gasteiger charge is 2.30. The van der Waals surface area contributed by atoms with Crippen molar-refractivity contribution in [2.45, 2.75) is 19.6 Å². The Morgan fingerprint density at radius 3 is 2.50 bits per heavy atom. The molecule has 16 heteroatoms.